The second kappa shape index (κ2) is 8.99. The maximum atomic E-state index is 13.5. The molecule has 0 saturated carbocycles. The van der Waals surface area contributed by atoms with Crippen LogP contribution in [0.5, 0.6) is 0 Å². The normalized spacial score (nSPS) is 23.1. The zero-order valence-corrected chi connectivity index (χ0v) is 19.5. The number of fused-ring (bicyclic) bond motifs is 2. The molecule has 2 aliphatic heterocycles. The number of aromatic nitrogens is 3. The number of methoxy groups -OCH3 is 1. The number of benzene rings is 1. The van der Waals surface area contributed by atoms with Crippen LogP contribution in [0.2, 0.25) is 0 Å². The minimum atomic E-state index is -0.313. The average Bonchev–Trinajstić information content (AvgIpc) is 3.22. The number of hydrogen-bond donors (Lipinski definition) is 0. The van der Waals surface area contributed by atoms with E-state index in [2.05, 4.69) is 5.16 Å². The van der Waals surface area contributed by atoms with Crippen LogP contribution in [0.4, 0.5) is 4.39 Å². The van der Waals surface area contributed by atoms with E-state index in [0.717, 1.165) is 90.9 Å². The Labute approximate surface area is 192 Å². The Bertz CT molecular complexity index is 1210. The summed E-state index contributed by atoms with van der Waals surface area (Å²) in [6, 6.07) is 4.62. The van der Waals surface area contributed by atoms with Gasteiger partial charge in [0.25, 0.3) is 5.56 Å². The third-order valence-corrected chi connectivity index (χ3v) is 7.57. The van der Waals surface area contributed by atoms with Crippen molar-refractivity contribution in [3.63, 3.8) is 0 Å². The Morgan fingerprint density at radius 1 is 1.27 bits per heavy atom. The van der Waals surface area contributed by atoms with Gasteiger partial charge in [-0.2, -0.15) is 0 Å². The van der Waals surface area contributed by atoms with Gasteiger partial charge in [-0.15, -0.1) is 0 Å². The molecule has 2 aliphatic rings. The van der Waals surface area contributed by atoms with E-state index in [1.807, 2.05) is 11.5 Å². The molecule has 176 valence electrons. The largest absolute Gasteiger partial charge is 0.356 e. The fourth-order valence-corrected chi connectivity index (χ4v) is 5.67. The summed E-state index contributed by atoms with van der Waals surface area (Å²) in [6.45, 7) is 6.10. The van der Waals surface area contributed by atoms with E-state index >= 15 is 0 Å². The van der Waals surface area contributed by atoms with Gasteiger partial charge in [-0.25, -0.2) is 9.37 Å². The molecule has 2 aromatic heterocycles. The predicted octanol–water partition coefficient (Wildman–Crippen LogP) is 3.71. The highest BCUT2D eigenvalue weighted by molar-refractivity contribution is 5.79. The van der Waals surface area contributed by atoms with Gasteiger partial charge in [0, 0.05) is 68.0 Å². The molecule has 0 amide bonds. The zero-order chi connectivity index (χ0) is 23.0. The number of likely N-dealkylation sites (tertiary alicyclic amines) is 1. The summed E-state index contributed by atoms with van der Waals surface area (Å²) >= 11 is 0. The summed E-state index contributed by atoms with van der Waals surface area (Å²) in [5.41, 5.74) is 3.29. The predicted molar refractivity (Wildman–Crippen MR) is 123 cm³/mol. The molecule has 33 heavy (non-hydrogen) atoms. The number of aryl methyl sites for hydroxylation is 2. The maximum Gasteiger partial charge on any atom is 0.257 e. The van der Waals surface area contributed by atoms with Crippen molar-refractivity contribution < 1.29 is 18.1 Å². The lowest BCUT2D eigenvalue weighted by molar-refractivity contribution is -0.949. The van der Waals surface area contributed by atoms with Crippen molar-refractivity contribution in [2.24, 2.45) is 0 Å². The first-order valence-electron chi connectivity index (χ1n) is 12.0. The molecule has 1 aromatic carbocycles. The van der Waals surface area contributed by atoms with Crippen LogP contribution in [0, 0.1) is 12.7 Å². The van der Waals surface area contributed by atoms with E-state index in [1.165, 1.54) is 12.1 Å². The van der Waals surface area contributed by atoms with Gasteiger partial charge in [0.15, 0.2) is 12.3 Å². The molecule has 4 heterocycles. The zero-order valence-electron chi connectivity index (χ0n) is 19.5. The Balaban J connectivity index is 1.32. The standard InChI is InChI=1S/C25H32FN4O3/c1-17-20(25(31)29-11-4-3-5-23(29)27-17)10-14-30(16-32-2)12-8-18(9-13-30)24-21-7-6-19(26)15-22(21)33-28-24/h6-7,15,18H,3-5,8-14,16H2,1-2H3/q+1. The third kappa shape index (κ3) is 4.22. The van der Waals surface area contributed by atoms with Crippen LogP contribution in [0.1, 0.15) is 54.4 Å². The maximum absolute atomic E-state index is 13.5. The van der Waals surface area contributed by atoms with Crippen molar-refractivity contribution >= 4 is 11.0 Å². The summed E-state index contributed by atoms with van der Waals surface area (Å²) in [7, 11) is 1.74. The lowest BCUT2D eigenvalue weighted by atomic mass is 9.90. The number of halogens is 1. The molecule has 1 fully saturated rings. The Morgan fingerprint density at radius 2 is 2.09 bits per heavy atom. The van der Waals surface area contributed by atoms with E-state index < -0.39 is 0 Å². The average molecular weight is 456 g/mol. The molecule has 5 rings (SSSR count). The van der Waals surface area contributed by atoms with Gasteiger partial charge >= 0.3 is 0 Å². The van der Waals surface area contributed by atoms with Crippen molar-refractivity contribution in [1.82, 2.24) is 14.7 Å². The van der Waals surface area contributed by atoms with Crippen LogP contribution in [0.3, 0.4) is 0 Å². The summed E-state index contributed by atoms with van der Waals surface area (Å²) in [5.74, 6) is 0.902. The quantitative estimate of drug-likeness (QED) is 0.530. The van der Waals surface area contributed by atoms with Gasteiger partial charge in [0.1, 0.15) is 11.6 Å². The lowest BCUT2D eigenvalue weighted by Crippen LogP contribution is -2.55. The number of nitrogens with zero attached hydrogens (tertiary/aromatic N) is 4. The summed E-state index contributed by atoms with van der Waals surface area (Å²) < 4.78 is 27.2. The van der Waals surface area contributed by atoms with Gasteiger partial charge in [0.05, 0.1) is 25.3 Å². The molecule has 7 nitrogen and oxygen atoms in total. The van der Waals surface area contributed by atoms with Crippen LogP contribution in [0.25, 0.3) is 11.0 Å². The second-order valence-corrected chi connectivity index (χ2v) is 9.67. The Kier molecular flexibility index (Phi) is 6.05. The molecule has 1 saturated heterocycles. The monoisotopic (exact) mass is 455 g/mol. The summed E-state index contributed by atoms with van der Waals surface area (Å²) in [4.78, 5) is 17.9. The topological polar surface area (TPSA) is 70.2 Å². The van der Waals surface area contributed by atoms with E-state index in [9.17, 15) is 9.18 Å². The molecular formula is C25H32FN4O3+. The fourth-order valence-electron chi connectivity index (χ4n) is 5.67. The number of quaternary nitrogens is 1. The van der Waals surface area contributed by atoms with Crippen molar-refractivity contribution in [3.8, 4) is 0 Å². The van der Waals surface area contributed by atoms with Crippen LogP contribution in [-0.2, 0) is 24.1 Å². The molecule has 0 spiro atoms. The first kappa shape index (κ1) is 22.2. The second-order valence-electron chi connectivity index (χ2n) is 9.67. The summed E-state index contributed by atoms with van der Waals surface area (Å²) in [5, 5.41) is 5.18. The minimum absolute atomic E-state index is 0.143. The molecule has 0 atom stereocenters. The van der Waals surface area contributed by atoms with Crippen LogP contribution in [0.15, 0.2) is 27.5 Å². The SMILES string of the molecule is COC[N+]1(CCc2c(C)nc3n(c2=O)CCCC3)CCC(c2noc3cc(F)ccc23)CC1. The van der Waals surface area contributed by atoms with Crippen LogP contribution >= 0.6 is 0 Å². The first-order chi connectivity index (χ1) is 16.0. The highest BCUT2D eigenvalue weighted by Crippen LogP contribution is 2.35. The Morgan fingerprint density at radius 3 is 2.88 bits per heavy atom. The highest BCUT2D eigenvalue weighted by atomic mass is 19.1. The third-order valence-electron chi connectivity index (χ3n) is 7.57. The van der Waals surface area contributed by atoms with Crippen molar-refractivity contribution in [3.05, 3.63) is 57.1 Å². The van der Waals surface area contributed by atoms with Crippen molar-refractivity contribution in [1.29, 1.82) is 0 Å². The number of piperidine rings is 1. The van der Waals surface area contributed by atoms with E-state index in [4.69, 9.17) is 14.2 Å². The van der Waals surface area contributed by atoms with Crippen molar-refractivity contribution in [2.45, 2.75) is 57.9 Å². The van der Waals surface area contributed by atoms with Gasteiger partial charge < -0.3 is 13.7 Å². The molecule has 8 heteroatoms. The van der Waals surface area contributed by atoms with Crippen molar-refractivity contribution in [2.75, 3.05) is 33.5 Å². The smallest absolute Gasteiger partial charge is 0.257 e. The molecule has 0 radical (unpaired) electrons. The molecule has 0 unspecified atom stereocenters. The van der Waals surface area contributed by atoms with Gasteiger partial charge in [-0.05, 0) is 31.9 Å². The molecule has 0 N–H and O–H groups in total. The molecular weight excluding hydrogens is 423 g/mol. The van der Waals surface area contributed by atoms with E-state index in [1.54, 1.807) is 13.2 Å². The van der Waals surface area contributed by atoms with Gasteiger partial charge in [0.2, 0.25) is 0 Å². The van der Waals surface area contributed by atoms with Gasteiger partial charge in [-0.3, -0.25) is 9.36 Å². The molecule has 0 bridgehead atoms. The minimum Gasteiger partial charge on any atom is -0.356 e. The van der Waals surface area contributed by atoms with Crippen LogP contribution in [-0.4, -0.2) is 52.7 Å². The highest BCUT2D eigenvalue weighted by Gasteiger charge is 2.36. The lowest BCUT2D eigenvalue weighted by Gasteiger charge is -2.42. The Hall–Kier alpha value is -2.58. The first-order valence-corrected chi connectivity index (χ1v) is 12.0. The van der Waals surface area contributed by atoms with E-state index in [0.29, 0.717) is 18.7 Å². The van der Waals surface area contributed by atoms with E-state index in [-0.39, 0.29) is 17.3 Å². The number of rotatable bonds is 6. The van der Waals surface area contributed by atoms with Gasteiger partial charge in [-0.1, -0.05) is 5.16 Å². The number of ether oxygens (including phenoxy) is 1. The number of hydrogen-bond acceptors (Lipinski definition) is 5. The summed E-state index contributed by atoms with van der Waals surface area (Å²) in [6.07, 6.45) is 5.65. The van der Waals surface area contributed by atoms with Crippen LogP contribution < -0.4 is 5.56 Å². The molecule has 3 aromatic rings. The molecule has 0 aliphatic carbocycles. The fraction of sp³-hybridized carbons (Fsp3) is 0.560.